The van der Waals surface area contributed by atoms with Crippen molar-refractivity contribution in [3.63, 3.8) is 0 Å². The molecule has 3 rings (SSSR count). The number of likely N-dealkylation sites (tertiary alicyclic amines) is 1. The molecule has 0 amide bonds. The van der Waals surface area contributed by atoms with Gasteiger partial charge < -0.3 is 15.0 Å². The van der Waals surface area contributed by atoms with Gasteiger partial charge in [-0.1, -0.05) is 0 Å². The molecule has 1 unspecified atom stereocenters. The Morgan fingerprint density at radius 2 is 2.00 bits per heavy atom. The summed E-state index contributed by atoms with van der Waals surface area (Å²) < 4.78 is 5.47. The zero-order chi connectivity index (χ0) is 15.2. The lowest BCUT2D eigenvalue weighted by Gasteiger charge is -2.36. The first-order valence-electron chi connectivity index (χ1n) is 8.63. The fourth-order valence-corrected chi connectivity index (χ4v) is 3.78. The SMILES string of the molecule is CNc1nccnc1CC1CCCN(CC2CCOCC2)C1. The van der Waals surface area contributed by atoms with Crippen molar-refractivity contribution in [3.8, 4) is 0 Å². The van der Waals surface area contributed by atoms with Gasteiger partial charge >= 0.3 is 0 Å². The molecule has 1 aromatic rings. The summed E-state index contributed by atoms with van der Waals surface area (Å²) in [4.78, 5) is 11.6. The summed E-state index contributed by atoms with van der Waals surface area (Å²) >= 11 is 0. The number of nitrogens with zero attached hydrogens (tertiary/aromatic N) is 3. The van der Waals surface area contributed by atoms with E-state index in [1.165, 1.54) is 45.3 Å². The molecule has 3 heterocycles. The van der Waals surface area contributed by atoms with Crippen LogP contribution < -0.4 is 5.32 Å². The molecule has 0 aromatic carbocycles. The number of aromatic nitrogens is 2. The minimum absolute atomic E-state index is 0.706. The fraction of sp³-hybridized carbons (Fsp3) is 0.765. The van der Waals surface area contributed by atoms with Crippen molar-refractivity contribution in [1.29, 1.82) is 0 Å². The molecule has 22 heavy (non-hydrogen) atoms. The third-order valence-corrected chi connectivity index (χ3v) is 4.95. The van der Waals surface area contributed by atoms with Crippen LogP contribution in [0.15, 0.2) is 12.4 Å². The number of anilines is 1. The Labute approximate surface area is 133 Å². The molecule has 2 saturated heterocycles. The van der Waals surface area contributed by atoms with Gasteiger partial charge in [-0.05, 0) is 50.5 Å². The highest BCUT2D eigenvalue weighted by atomic mass is 16.5. The van der Waals surface area contributed by atoms with E-state index >= 15 is 0 Å². The Morgan fingerprint density at radius 1 is 1.18 bits per heavy atom. The van der Waals surface area contributed by atoms with Gasteiger partial charge in [0, 0.05) is 45.7 Å². The molecular weight excluding hydrogens is 276 g/mol. The van der Waals surface area contributed by atoms with Crippen LogP contribution in [0.4, 0.5) is 5.82 Å². The van der Waals surface area contributed by atoms with Gasteiger partial charge in [0.1, 0.15) is 5.82 Å². The van der Waals surface area contributed by atoms with Crippen LogP contribution in [0.1, 0.15) is 31.4 Å². The van der Waals surface area contributed by atoms with E-state index in [1.807, 2.05) is 7.05 Å². The van der Waals surface area contributed by atoms with Gasteiger partial charge in [-0.3, -0.25) is 4.98 Å². The van der Waals surface area contributed by atoms with E-state index in [2.05, 4.69) is 20.2 Å². The fourth-order valence-electron chi connectivity index (χ4n) is 3.78. The van der Waals surface area contributed by atoms with Crippen LogP contribution in [-0.2, 0) is 11.2 Å². The Kier molecular flexibility index (Phi) is 5.62. The van der Waals surface area contributed by atoms with E-state index < -0.39 is 0 Å². The Bertz CT molecular complexity index is 462. The van der Waals surface area contributed by atoms with Crippen LogP contribution in [0.2, 0.25) is 0 Å². The van der Waals surface area contributed by atoms with E-state index in [9.17, 15) is 0 Å². The number of piperidine rings is 1. The van der Waals surface area contributed by atoms with Crippen LogP contribution in [0.25, 0.3) is 0 Å². The van der Waals surface area contributed by atoms with Gasteiger partial charge in [0.25, 0.3) is 0 Å². The maximum Gasteiger partial charge on any atom is 0.147 e. The summed E-state index contributed by atoms with van der Waals surface area (Å²) in [5.74, 6) is 2.47. The van der Waals surface area contributed by atoms with E-state index in [1.54, 1.807) is 12.4 Å². The van der Waals surface area contributed by atoms with Crippen LogP contribution in [0.3, 0.4) is 0 Å². The van der Waals surface area contributed by atoms with Crippen molar-refractivity contribution >= 4 is 5.82 Å². The predicted octanol–water partition coefficient (Wildman–Crippen LogP) is 2.20. The highest BCUT2D eigenvalue weighted by Gasteiger charge is 2.24. The van der Waals surface area contributed by atoms with Gasteiger partial charge in [-0.2, -0.15) is 0 Å². The first-order chi connectivity index (χ1) is 10.8. The average molecular weight is 304 g/mol. The molecule has 2 aliphatic rings. The second kappa shape index (κ2) is 7.88. The maximum atomic E-state index is 5.47. The molecule has 1 atom stereocenters. The summed E-state index contributed by atoms with van der Waals surface area (Å²) in [5.41, 5.74) is 1.11. The first kappa shape index (κ1) is 15.7. The molecule has 2 aliphatic heterocycles. The lowest BCUT2D eigenvalue weighted by molar-refractivity contribution is 0.0452. The zero-order valence-corrected chi connectivity index (χ0v) is 13.6. The molecule has 1 aromatic heterocycles. The Hall–Kier alpha value is -1.20. The van der Waals surface area contributed by atoms with Crippen LogP contribution in [0.5, 0.6) is 0 Å². The number of hydrogen-bond acceptors (Lipinski definition) is 5. The van der Waals surface area contributed by atoms with Crippen molar-refractivity contribution < 1.29 is 4.74 Å². The van der Waals surface area contributed by atoms with Crippen molar-refractivity contribution in [2.24, 2.45) is 11.8 Å². The minimum Gasteiger partial charge on any atom is -0.381 e. The third kappa shape index (κ3) is 4.17. The molecule has 1 N–H and O–H groups in total. The van der Waals surface area contributed by atoms with Crippen molar-refractivity contribution in [2.45, 2.75) is 32.1 Å². The van der Waals surface area contributed by atoms with Crippen LogP contribution >= 0.6 is 0 Å². The van der Waals surface area contributed by atoms with Crippen LogP contribution in [0, 0.1) is 11.8 Å². The monoisotopic (exact) mass is 304 g/mol. The van der Waals surface area contributed by atoms with Gasteiger partial charge in [0.15, 0.2) is 0 Å². The predicted molar refractivity (Wildman–Crippen MR) is 88.0 cm³/mol. The van der Waals surface area contributed by atoms with E-state index in [4.69, 9.17) is 4.74 Å². The summed E-state index contributed by atoms with van der Waals surface area (Å²) in [5, 5.41) is 3.16. The number of ether oxygens (including phenoxy) is 1. The third-order valence-electron chi connectivity index (χ3n) is 4.95. The van der Waals surface area contributed by atoms with Gasteiger partial charge in [0.2, 0.25) is 0 Å². The van der Waals surface area contributed by atoms with Crippen molar-refractivity contribution in [1.82, 2.24) is 14.9 Å². The molecule has 0 radical (unpaired) electrons. The molecule has 0 aliphatic carbocycles. The molecule has 0 spiro atoms. The minimum atomic E-state index is 0.706. The molecule has 5 nitrogen and oxygen atoms in total. The zero-order valence-electron chi connectivity index (χ0n) is 13.6. The van der Waals surface area contributed by atoms with E-state index in [-0.39, 0.29) is 0 Å². The molecule has 2 fully saturated rings. The maximum absolute atomic E-state index is 5.47. The highest BCUT2D eigenvalue weighted by Crippen LogP contribution is 2.24. The van der Waals surface area contributed by atoms with Gasteiger partial charge in [-0.15, -0.1) is 0 Å². The highest BCUT2D eigenvalue weighted by molar-refractivity contribution is 5.38. The first-order valence-corrected chi connectivity index (χ1v) is 8.63. The summed E-state index contributed by atoms with van der Waals surface area (Å²) in [6, 6.07) is 0. The number of rotatable bonds is 5. The van der Waals surface area contributed by atoms with E-state index in [0.717, 1.165) is 37.1 Å². The Balaban J connectivity index is 1.53. The molecule has 5 heteroatoms. The smallest absolute Gasteiger partial charge is 0.147 e. The number of nitrogens with one attached hydrogen (secondary N) is 1. The molecule has 0 saturated carbocycles. The van der Waals surface area contributed by atoms with Gasteiger partial charge in [0.05, 0.1) is 5.69 Å². The van der Waals surface area contributed by atoms with Gasteiger partial charge in [-0.25, -0.2) is 4.98 Å². The topological polar surface area (TPSA) is 50.3 Å². The second-order valence-corrected chi connectivity index (χ2v) is 6.63. The summed E-state index contributed by atoms with van der Waals surface area (Å²) in [7, 11) is 1.92. The largest absolute Gasteiger partial charge is 0.381 e. The lowest BCUT2D eigenvalue weighted by atomic mass is 9.91. The second-order valence-electron chi connectivity index (χ2n) is 6.63. The average Bonchev–Trinajstić information content (AvgIpc) is 2.57. The number of hydrogen-bond donors (Lipinski definition) is 1. The quantitative estimate of drug-likeness (QED) is 0.904. The Morgan fingerprint density at radius 3 is 2.82 bits per heavy atom. The molecule has 122 valence electrons. The lowest BCUT2D eigenvalue weighted by Crippen LogP contribution is -2.40. The van der Waals surface area contributed by atoms with Crippen molar-refractivity contribution in [2.75, 3.05) is 45.2 Å². The standard InChI is InChI=1S/C17H28N4O/c1-18-17-16(19-6-7-20-17)11-15-3-2-8-21(13-15)12-14-4-9-22-10-5-14/h6-7,14-15H,2-5,8-13H2,1H3,(H,18,20). The molecular formula is C17H28N4O. The van der Waals surface area contributed by atoms with E-state index in [0.29, 0.717) is 5.92 Å². The molecule has 0 bridgehead atoms. The normalized spacial score (nSPS) is 24.3. The van der Waals surface area contributed by atoms with Crippen molar-refractivity contribution in [3.05, 3.63) is 18.1 Å². The summed E-state index contributed by atoms with van der Waals surface area (Å²) in [6.45, 7) is 5.61. The summed E-state index contributed by atoms with van der Waals surface area (Å²) in [6.07, 6.45) is 9.68. The van der Waals surface area contributed by atoms with Crippen LogP contribution in [-0.4, -0.2) is 54.8 Å².